The summed E-state index contributed by atoms with van der Waals surface area (Å²) >= 11 is 0. The molecule has 0 aromatic rings. The first-order valence-corrected chi connectivity index (χ1v) is 7.77. The van der Waals surface area contributed by atoms with E-state index in [1.165, 1.54) is 0 Å². The summed E-state index contributed by atoms with van der Waals surface area (Å²) in [5, 5.41) is 0. The van der Waals surface area contributed by atoms with Gasteiger partial charge in [0.05, 0.1) is 6.96 Å². The van der Waals surface area contributed by atoms with Crippen LogP contribution in [-0.2, 0) is 0 Å². The lowest BCUT2D eigenvalue weighted by Gasteiger charge is -2.16. The normalized spacial score (nSPS) is 41.4. The van der Waals surface area contributed by atoms with E-state index < -0.39 is 0 Å². The van der Waals surface area contributed by atoms with E-state index in [1.54, 1.807) is 0 Å². The van der Waals surface area contributed by atoms with Crippen molar-refractivity contribution in [2.45, 2.75) is 0 Å². The fraction of sp³-hybridized carbons (Fsp3) is 0. The SMILES string of the molecule is NP1PSS1. The molecule has 1 saturated heterocycles. The summed E-state index contributed by atoms with van der Waals surface area (Å²) < 4.78 is 0. The van der Waals surface area contributed by atoms with E-state index in [9.17, 15) is 0 Å². The van der Waals surface area contributed by atoms with Crippen molar-refractivity contribution in [2.75, 3.05) is 0 Å². The van der Waals surface area contributed by atoms with Crippen molar-refractivity contribution in [3.63, 3.8) is 0 Å². The minimum Gasteiger partial charge on any atom is -0.297 e. The predicted molar refractivity (Wildman–Crippen MR) is 34.6 cm³/mol. The third-order valence-corrected chi connectivity index (χ3v) is 14.7. The second kappa shape index (κ2) is 1.99. The summed E-state index contributed by atoms with van der Waals surface area (Å²) in [5.74, 6) is 0. The van der Waals surface area contributed by atoms with Crippen molar-refractivity contribution >= 4 is 35.3 Å². The van der Waals surface area contributed by atoms with Gasteiger partial charge in [-0.05, 0) is 10.4 Å². The molecule has 5 heavy (non-hydrogen) atoms. The van der Waals surface area contributed by atoms with Crippen molar-refractivity contribution in [1.82, 2.24) is 0 Å². The first-order chi connectivity index (χ1) is 2.39. The summed E-state index contributed by atoms with van der Waals surface area (Å²) in [5.41, 5.74) is 5.40. The molecule has 0 radical (unpaired) electrons. The molecule has 0 aromatic carbocycles. The Kier molecular flexibility index (Phi) is 1.86. The van der Waals surface area contributed by atoms with Gasteiger partial charge < -0.3 is 0 Å². The third kappa shape index (κ3) is 1.21. The van der Waals surface area contributed by atoms with Crippen LogP contribution in [0, 0.1) is 0 Å². The van der Waals surface area contributed by atoms with Gasteiger partial charge in [0.1, 0.15) is 0 Å². The van der Waals surface area contributed by atoms with E-state index in [2.05, 4.69) is 0 Å². The van der Waals surface area contributed by atoms with Gasteiger partial charge in [-0.2, -0.15) is 0 Å². The maximum Gasteiger partial charge on any atom is 0.0650 e. The van der Waals surface area contributed by atoms with Crippen LogP contribution in [0.2, 0.25) is 0 Å². The van der Waals surface area contributed by atoms with Crippen LogP contribution in [0.4, 0.5) is 0 Å². The molecule has 2 N–H and O–H groups in total. The molecule has 30 valence electrons. The van der Waals surface area contributed by atoms with Crippen LogP contribution in [0.25, 0.3) is 0 Å². The largest absolute Gasteiger partial charge is 0.297 e. The molecule has 1 fully saturated rings. The molecule has 0 saturated carbocycles. The second-order valence-corrected chi connectivity index (χ2v) is 11.3. The molecule has 0 aliphatic carbocycles. The van der Waals surface area contributed by atoms with E-state index in [4.69, 9.17) is 5.50 Å². The quantitative estimate of drug-likeness (QED) is 0.415. The monoisotopic (exact) mass is 143 g/mol. The summed E-state index contributed by atoms with van der Waals surface area (Å²) in [4.78, 5) is 0. The zero-order chi connectivity index (χ0) is 3.70. The second-order valence-electron chi connectivity index (χ2n) is 0.575. The maximum atomic E-state index is 5.40. The fourth-order valence-electron chi connectivity index (χ4n) is 0.0803. The average Bonchev–Trinajstić information content (AvgIpc) is 1.30. The van der Waals surface area contributed by atoms with E-state index in [0.717, 1.165) is 7.47 Å². The van der Waals surface area contributed by atoms with E-state index in [-0.39, 0.29) is 6.96 Å². The Balaban J connectivity index is 2.08. The number of hydrogen-bond acceptors (Lipinski definition) is 3. The van der Waals surface area contributed by atoms with E-state index in [1.807, 2.05) is 20.8 Å². The number of nitrogens with two attached hydrogens (primary N) is 1. The first-order valence-electron chi connectivity index (χ1n) is 1.04. The van der Waals surface area contributed by atoms with Gasteiger partial charge in [0.25, 0.3) is 0 Å². The van der Waals surface area contributed by atoms with Crippen molar-refractivity contribution < 1.29 is 0 Å². The highest BCUT2D eigenvalue weighted by atomic mass is 33.7. The molecule has 2 atom stereocenters. The summed E-state index contributed by atoms with van der Waals surface area (Å²) in [7, 11) is 4.74. The Bertz CT molecular complexity index is 34.6. The Hall–Kier alpha value is 1.52. The standard InChI is InChI=1S/H3NP2S2/c1-3-2-4-5-3/h2H,1H2. The molecule has 5 heteroatoms. The molecule has 1 nitrogen and oxygen atoms in total. The summed E-state index contributed by atoms with van der Waals surface area (Å²) in [6.45, 7) is -0.0103. The van der Waals surface area contributed by atoms with Gasteiger partial charge in [0.2, 0.25) is 0 Å². The van der Waals surface area contributed by atoms with Crippen molar-refractivity contribution in [3.05, 3.63) is 0 Å². The molecule has 0 aromatic heterocycles. The van der Waals surface area contributed by atoms with E-state index >= 15 is 0 Å². The van der Waals surface area contributed by atoms with Gasteiger partial charge in [0, 0.05) is 7.47 Å². The predicted octanol–water partition coefficient (Wildman–Crippen LogP) is 2.16. The molecule has 1 aliphatic rings. The van der Waals surface area contributed by atoms with Crippen molar-refractivity contribution in [2.24, 2.45) is 5.50 Å². The third-order valence-electron chi connectivity index (χ3n) is 0.245. The zero-order valence-corrected chi connectivity index (χ0v) is 5.87. The topological polar surface area (TPSA) is 26.0 Å². The smallest absolute Gasteiger partial charge is 0.0650 e. The Labute approximate surface area is 41.2 Å². The lowest BCUT2D eigenvalue weighted by molar-refractivity contribution is 2.04. The van der Waals surface area contributed by atoms with Crippen LogP contribution in [0.1, 0.15) is 0 Å². The van der Waals surface area contributed by atoms with Crippen LogP contribution in [0.3, 0.4) is 0 Å². The molecule has 0 amide bonds. The molecule has 1 aliphatic heterocycles. The summed E-state index contributed by atoms with van der Waals surface area (Å²) in [6, 6.07) is 0. The number of hydrogen-bond donors (Lipinski definition) is 1. The Morgan fingerprint density at radius 2 is 2.20 bits per heavy atom. The Morgan fingerprint density at radius 1 is 1.80 bits per heavy atom. The van der Waals surface area contributed by atoms with Crippen LogP contribution >= 0.6 is 35.3 Å². The van der Waals surface area contributed by atoms with Gasteiger partial charge in [0.15, 0.2) is 0 Å². The van der Waals surface area contributed by atoms with Crippen molar-refractivity contribution in [1.29, 1.82) is 0 Å². The van der Waals surface area contributed by atoms with Gasteiger partial charge in [-0.1, -0.05) is 10.4 Å². The van der Waals surface area contributed by atoms with Gasteiger partial charge in [-0.25, -0.2) is 0 Å². The lowest BCUT2D eigenvalue weighted by Crippen LogP contribution is -1.74. The summed E-state index contributed by atoms with van der Waals surface area (Å²) in [6.07, 6.45) is 0. The maximum absolute atomic E-state index is 5.40. The molecule has 0 spiro atoms. The first kappa shape index (κ1) is 4.67. The Morgan fingerprint density at radius 3 is 2.20 bits per heavy atom. The van der Waals surface area contributed by atoms with Crippen LogP contribution in [-0.4, -0.2) is 0 Å². The van der Waals surface area contributed by atoms with Crippen LogP contribution in [0.5, 0.6) is 0 Å². The number of rotatable bonds is 0. The molecular formula is H3NP2S2. The minimum absolute atomic E-state index is 0.0103. The van der Waals surface area contributed by atoms with Gasteiger partial charge in [-0.15, -0.1) is 0 Å². The van der Waals surface area contributed by atoms with Crippen molar-refractivity contribution in [3.8, 4) is 0 Å². The zero-order valence-electron chi connectivity index (χ0n) is 2.34. The minimum atomic E-state index is -0.0103. The lowest BCUT2D eigenvalue weighted by atomic mass is 13.9. The molecule has 1 rings (SSSR count). The fourth-order valence-corrected chi connectivity index (χ4v) is 6.50. The average molecular weight is 143 g/mol. The van der Waals surface area contributed by atoms with E-state index in [0.29, 0.717) is 0 Å². The highest BCUT2D eigenvalue weighted by molar-refractivity contribution is 9.34. The van der Waals surface area contributed by atoms with Crippen LogP contribution < -0.4 is 5.50 Å². The highest BCUT2D eigenvalue weighted by Crippen LogP contribution is 2.84. The molecule has 0 bridgehead atoms. The molecular weight excluding hydrogens is 140 g/mol. The van der Waals surface area contributed by atoms with Gasteiger partial charge >= 0.3 is 0 Å². The van der Waals surface area contributed by atoms with Gasteiger partial charge in [-0.3, -0.25) is 5.50 Å². The van der Waals surface area contributed by atoms with Crippen LogP contribution in [0.15, 0.2) is 0 Å². The highest BCUT2D eigenvalue weighted by Gasteiger charge is 2.12. The molecule has 2 unspecified atom stereocenters. The molecule has 1 heterocycles.